The molecule has 0 nitrogen and oxygen atoms in total. The molecule has 0 aromatic rings. The van der Waals surface area contributed by atoms with Crippen LogP contribution >= 0.6 is 0 Å². The van der Waals surface area contributed by atoms with Gasteiger partial charge in [-0.1, -0.05) is 78.1 Å². The van der Waals surface area contributed by atoms with Crippen molar-refractivity contribution in [3.05, 3.63) is 0 Å². The van der Waals surface area contributed by atoms with E-state index in [0.717, 1.165) is 59.2 Å². The van der Waals surface area contributed by atoms with Crippen LogP contribution in [0.25, 0.3) is 0 Å². The predicted octanol–water partition coefficient (Wildman–Crippen LogP) is 8.89. The Kier molecular flexibility index (Phi) is 6.65. The van der Waals surface area contributed by atoms with Crippen LogP contribution in [0.2, 0.25) is 0 Å². The molecule has 0 aliphatic heterocycles. The first kappa shape index (κ1) is 20.9. The maximum atomic E-state index is 2.67. The smallest absolute Gasteiger partial charge is 0.0352 e. The van der Waals surface area contributed by atoms with Gasteiger partial charge in [-0.05, 0) is 104 Å². The van der Waals surface area contributed by atoms with E-state index in [-0.39, 0.29) is 0 Å². The number of fused-ring (bicyclic) bond motifs is 2. The minimum Gasteiger partial charge on any atom is -0.0651 e. The van der Waals surface area contributed by atoms with Crippen LogP contribution in [0.15, 0.2) is 0 Å². The van der Waals surface area contributed by atoms with Gasteiger partial charge in [-0.25, -0.2) is 0 Å². The monoisotopic (exact) mass is 398 g/mol. The normalized spacial score (nSPS) is 48.8. The van der Waals surface area contributed by atoms with Gasteiger partial charge in [0.05, 0.1) is 0 Å². The van der Waals surface area contributed by atoms with E-state index in [1.807, 2.05) is 0 Å². The molecule has 8 unspecified atom stereocenters. The van der Waals surface area contributed by atoms with Gasteiger partial charge in [-0.2, -0.15) is 0 Å². The van der Waals surface area contributed by atoms with Crippen molar-refractivity contribution in [2.45, 2.75) is 123 Å². The predicted molar refractivity (Wildman–Crippen MR) is 125 cm³/mol. The van der Waals surface area contributed by atoms with Crippen molar-refractivity contribution < 1.29 is 0 Å². The van der Waals surface area contributed by atoms with Crippen molar-refractivity contribution in [2.75, 3.05) is 0 Å². The van der Waals surface area contributed by atoms with Crippen molar-refractivity contribution in [1.82, 2.24) is 0 Å². The fraction of sp³-hybridized carbons (Fsp3) is 1.00. The third kappa shape index (κ3) is 4.35. The van der Waals surface area contributed by atoms with Crippen LogP contribution in [0.1, 0.15) is 123 Å². The molecule has 0 heteroatoms. The van der Waals surface area contributed by atoms with E-state index in [1.54, 1.807) is 83.5 Å². The Hall–Kier alpha value is 0. The second-order valence-electron chi connectivity index (χ2n) is 12.7. The molecule has 0 aromatic carbocycles. The topological polar surface area (TPSA) is 0 Å². The summed E-state index contributed by atoms with van der Waals surface area (Å²) in [4.78, 5) is 0. The van der Waals surface area contributed by atoms with Crippen LogP contribution in [-0.4, -0.2) is 0 Å². The summed E-state index contributed by atoms with van der Waals surface area (Å²) >= 11 is 0. The van der Waals surface area contributed by atoms with E-state index < -0.39 is 0 Å². The summed E-state index contributed by atoms with van der Waals surface area (Å²) in [6.45, 7) is 5.17. The first-order chi connectivity index (χ1) is 14.2. The molecule has 0 aromatic heterocycles. The minimum absolute atomic E-state index is 1.01. The van der Waals surface area contributed by atoms with E-state index in [2.05, 4.69) is 13.8 Å². The number of rotatable bonds is 4. The minimum atomic E-state index is 1.01. The Labute approximate surface area is 182 Å². The average Bonchev–Trinajstić information content (AvgIpc) is 3.20. The van der Waals surface area contributed by atoms with Crippen LogP contribution in [-0.2, 0) is 0 Å². The average molecular weight is 399 g/mol. The molecule has 0 N–H and O–H groups in total. The van der Waals surface area contributed by atoms with Gasteiger partial charge in [0.25, 0.3) is 0 Å². The van der Waals surface area contributed by atoms with E-state index in [9.17, 15) is 0 Å². The summed E-state index contributed by atoms with van der Waals surface area (Å²) < 4.78 is 0. The molecule has 0 amide bonds. The van der Waals surface area contributed by atoms with Crippen molar-refractivity contribution in [1.29, 1.82) is 0 Å². The van der Waals surface area contributed by atoms with Crippen LogP contribution in [0.3, 0.4) is 0 Å². The van der Waals surface area contributed by atoms with Crippen LogP contribution < -0.4 is 0 Å². The van der Waals surface area contributed by atoms with Gasteiger partial charge in [0.1, 0.15) is 0 Å². The fourth-order valence-corrected chi connectivity index (χ4v) is 9.83. The van der Waals surface area contributed by atoms with E-state index >= 15 is 0 Å². The molecular weight excluding hydrogens is 348 g/mol. The zero-order valence-corrected chi connectivity index (χ0v) is 19.8. The molecule has 5 rings (SSSR count). The molecule has 5 fully saturated rings. The summed E-state index contributed by atoms with van der Waals surface area (Å²) in [5, 5.41) is 0. The second kappa shape index (κ2) is 9.24. The molecule has 29 heavy (non-hydrogen) atoms. The highest BCUT2D eigenvalue weighted by Gasteiger charge is 2.47. The Morgan fingerprint density at radius 1 is 0.586 bits per heavy atom. The fourth-order valence-electron chi connectivity index (χ4n) is 9.83. The van der Waals surface area contributed by atoms with Gasteiger partial charge >= 0.3 is 0 Å². The molecule has 166 valence electrons. The third-order valence-electron chi connectivity index (χ3n) is 11.5. The summed E-state index contributed by atoms with van der Waals surface area (Å²) in [7, 11) is 0. The van der Waals surface area contributed by atoms with Crippen LogP contribution in [0.4, 0.5) is 0 Å². The SMILES string of the molecule is CCC1CC2CC(C3CC4CCCCC4C3)CCC2C(CC2CCCCC2)C1C. The Morgan fingerprint density at radius 2 is 1.21 bits per heavy atom. The standard InChI is InChI=1S/C29H50/c1-3-22-16-27-19-25(26-17-23-11-7-8-12-24(23)18-26)13-14-28(27)29(20(22)2)15-21-9-5-4-6-10-21/h20-29H,3-19H2,1-2H3. The van der Waals surface area contributed by atoms with Gasteiger partial charge in [-0.15, -0.1) is 0 Å². The Bertz CT molecular complexity index is 502. The quantitative estimate of drug-likeness (QED) is 0.443. The molecule has 8 atom stereocenters. The summed E-state index contributed by atoms with van der Waals surface area (Å²) in [5.74, 6) is 10.9. The third-order valence-corrected chi connectivity index (χ3v) is 11.5. The van der Waals surface area contributed by atoms with Crippen molar-refractivity contribution in [3.8, 4) is 0 Å². The molecular formula is C29H50. The largest absolute Gasteiger partial charge is 0.0651 e. The Morgan fingerprint density at radius 3 is 1.90 bits per heavy atom. The zero-order valence-electron chi connectivity index (χ0n) is 19.8. The Balaban J connectivity index is 1.24. The molecule has 5 aliphatic carbocycles. The molecule has 0 heterocycles. The lowest BCUT2D eigenvalue weighted by Gasteiger charge is -2.52. The molecule has 0 radical (unpaired) electrons. The van der Waals surface area contributed by atoms with E-state index in [0.29, 0.717) is 0 Å². The van der Waals surface area contributed by atoms with Crippen molar-refractivity contribution >= 4 is 0 Å². The second-order valence-corrected chi connectivity index (χ2v) is 12.7. The van der Waals surface area contributed by atoms with Gasteiger partial charge in [0.15, 0.2) is 0 Å². The van der Waals surface area contributed by atoms with Gasteiger partial charge in [0, 0.05) is 0 Å². The van der Waals surface area contributed by atoms with Crippen molar-refractivity contribution in [3.63, 3.8) is 0 Å². The molecule has 5 saturated carbocycles. The lowest BCUT2D eigenvalue weighted by molar-refractivity contribution is -0.0212. The van der Waals surface area contributed by atoms with Crippen molar-refractivity contribution in [2.24, 2.45) is 59.2 Å². The van der Waals surface area contributed by atoms with E-state index in [4.69, 9.17) is 0 Å². The lowest BCUT2D eigenvalue weighted by atomic mass is 9.54. The zero-order chi connectivity index (χ0) is 19.8. The highest BCUT2D eigenvalue weighted by Crippen LogP contribution is 2.57. The first-order valence-corrected chi connectivity index (χ1v) is 14.2. The lowest BCUT2D eigenvalue weighted by Crippen LogP contribution is -2.43. The summed E-state index contributed by atoms with van der Waals surface area (Å²) in [5.41, 5.74) is 0. The van der Waals surface area contributed by atoms with Gasteiger partial charge in [0.2, 0.25) is 0 Å². The highest BCUT2D eigenvalue weighted by atomic mass is 14.5. The van der Waals surface area contributed by atoms with Crippen LogP contribution in [0, 0.1) is 59.2 Å². The first-order valence-electron chi connectivity index (χ1n) is 14.2. The molecule has 0 bridgehead atoms. The maximum Gasteiger partial charge on any atom is -0.0352 e. The summed E-state index contributed by atoms with van der Waals surface area (Å²) in [6, 6.07) is 0. The summed E-state index contributed by atoms with van der Waals surface area (Å²) in [6.07, 6.45) is 26.7. The maximum absolute atomic E-state index is 2.67. The molecule has 5 aliphatic rings. The van der Waals surface area contributed by atoms with Gasteiger partial charge in [-0.3, -0.25) is 0 Å². The molecule has 0 spiro atoms. The number of hydrogen-bond acceptors (Lipinski definition) is 0. The van der Waals surface area contributed by atoms with E-state index in [1.165, 1.54) is 25.7 Å². The number of hydrogen-bond donors (Lipinski definition) is 0. The highest BCUT2D eigenvalue weighted by molar-refractivity contribution is 4.97. The van der Waals surface area contributed by atoms with Crippen LogP contribution in [0.5, 0.6) is 0 Å². The molecule has 0 saturated heterocycles. The van der Waals surface area contributed by atoms with Gasteiger partial charge < -0.3 is 0 Å².